The van der Waals surface area contributed by atoms with E-state index >= 15 is 0 Å². The minimum atomic E-state index is 0.0568. The molecule has 0 aliphatic heterocycles. The van der Waals surface area contributed by atoms with Crippen LogP contribution < -0.4 is 14.9 Å². The van der Waals surface area contributed by atoms with Gasteiger partial charge in [0.1, 0.15) is 0 Å². The van der Waals surface area contributed by atoms with Crippen LogP contribution in [0.1, 0.15) is 22.4 Å². The molecule has 3 aromatic rings. The Morgan fingerprint density at radius 3 is 2.41 bits per heavy atom. The molecule has 0 amide bonds. The van der Waals surface area contributed by atoms with Gasteiger partial charge < -0.3 is 14.5 Å². The Labute approximate surface area is 159 Å². The monoisotopic (exact) mass is 366 g/mol. The Morgan fingerprint density at radius 2 is 1.70 bits per heavy atom. The SMILES string of the molecule is COc1ccc(CN(C)Cc2cc(=O)c3ccc(C)c(C)c3[nH]2)cc1OC. The first-order chi connectivity index (χ1) is 12.9. The van der Waals surface area contributed by atoms with Crippen molar-refractivity contribution >= 4 is 10.9 Å². The quantitative estimate of drug-likeness (QED) is 0.721. The Morgan fingerprint density at radius 1 is 0.963 bits per heavy atom. The first-order valence-corrected chi connectivity index (χ1v) is 8.94. The van der Waals surface area contributed by atoms with Crippen LogP contribution in [0.15, 0.2) is 41.2 Å². The van der Waals surface area contributed by atoms with E-state index in [1.807, 2.05) is 44.3 Å². The van der Waals surface area contributed by atoms with Gasteiger partial charge in [-0.3, -0.25) is 9.69 Å². The number of hydrogen-bond acceptors (Lipinski definition) is 4. The highest BCUT2D eigenvalue weighted by Crippen LogP contribution is 2.28. The molecule has 5 nitrogen and oxygen atoms in total. The molecule has 0 fully saturated rings. The van der Waals surface area contributed by atoms with E-state index in [1.165, 1.54) is 5.56 Å². The van der Waals surface area contributed by atoms with Crippen LogP contribution in [0.5, 0.6) is 11.5 Å². The second-order valence-electron chi connectivity index (χ2n) is 6.95. The van der Waals surface area contributed by atoms with Gasteiger partial charge in [-0.1, -0.05) is 12.1 Å². The highest BCUT2D eigenvalue weighted by Gasteiger charge is 2.10. The van der Waals surface area contributed by atoms with Crippen molar-refractivity contribution in [1.29, 1.82) is 0 Å². The number of ether oxygens (including phenoxy) is 2. The summed E-state index contributed by atoms with van der Waals surface area (Å²) >= 11 is 0. The van der Waals surface area contributed by atoms with E-state index in [4.69, 9.17) is 9.47 Å². The zero-order valence-corrected chi connectivity index (χ0v) is 16.6. The molecule has 0 bridgehead atoms. The van der Waals surface area contributed by atoms with Crippen molar-refractivity contribution in [3.05, 3.63) is 69.0 Å². The molecule has 27 heavy (non-hydrogen) atoms. The number of hydrogen-bond donors (Lipinski definition) is 1. The summed E-state index contributed by atoms with van der Waals surface area (Å²) < 4.78 is 10.7. The van der Waals surface area contributed by atoms with E-state index in [0.29, 0.717) is 18.0 Å². The molecule has 0 aliphatic carbocycles. The topological polar surface area (TPSA) is 54.6 Å². The lowest BCUT2D eigenvalue weighted by molar-refractivity contribution is 0.313. The summed E-state index contributed by atoms with van der Waals surface area (Å²) in [6.07, 6.45) is 0. The van der Waals surface area contributed by atoms with E-state index in [1.54, 1.807) is 20.3 Å². The summed E-state index contributed by atoms with van der Waals surface area (Å²) in [6, 6.07) is 11.5. The van der Waals surface area contributed by atoms with Crippen molar-refractivity contribution < 1.29 is 9.47 Å². The molecule has 1 heterocycles. The number of methoxy groups -OCH3 is 2. The number of fused-ring (bicyclic) bond motifs is 1. The van der Waals surface area contributed by atoms with Crippen LogP contribution in [0, 0.1) is 13.8 Å². The van der Waals surface area contributed by atoms with Gasteiger partial charge in [0.2, 0.25) is 0 Å². The smallest absolute Gasteiger partial charge is 0.189 e. The number of nitrogens with one attached hydrogen (secondary N) is 1. The molecule has 1 N–H and O–H groups in total. The molecule has 1 aromatic heterocycles. The number of benzene rings is 2. The van der Waals surface area contributed by atoms with Gasteiger partial charge >= 0.3 is 0 Å². The lowest BCUT2D eigenvalue weighted by Crippen LogP contribution is -2.19. The molecular formula is C22H26N2O3. The first-order valence-electron chi connectivity index (χ1n) is 8.94. The van der Waals surface area contributed by atoms with Gasteiger partial charge in [0.25, 0.3) is 0 Å². The first kappa shape index (κ1) is 19.0. The second kappa shape index (κ2) is 7.84. The van der Waals surface area contributed by atoms with Crippen LogP contribution >= 0.6 is 0 Å². The number of H-pyrrole nitrogens is 1. The van der Waals surface area contributed by atoms with Crippen LogP contribution in [0.4, 0.5) is 0 Å². The highest BCUT2D eigenvalue weighted by molar-refractivity contribution is 5.82. The average molecular weight is 366 g/mol. The molecule has 0 spiro atoms. The molecule has 0 aliphatic rings. The van der Waals surface area contributed by atoms with Gasteiger partial charge in [0.15, 0.2) is 16.9 Å². The van der Waals surface area contributed by atoms with Crippen LogP contribution in [0.25, 0.3) is 10.9 Å². The number of aryl methyl sites for hydroxylation is 2. The third kappa shape index (κ3) is 3.98. The van der Waals surface area contributed by atoms with Gasteiger partial charge in [-0.25, -0.2) is 0 Å². The summed E-state index contributed by atoms with van der Waals surface area (Å²) in [4.78, 5) is 18.1. The molecule has 0 saturated heterocycles. The molecule has 0 saturated carbocycles. The second-order valence-corrected chi connectivity index (χ2v) is 6.95. The van der Waals surface area contributed by atoms with E-state index in [0.717, 1.165) is 34.3 Å². The predicted molar refractivity (Wildman–Crippen MR) is 109 cm³/mol. The third-order valence-corrected chi connectivity index (χ3v) is 4.93. The van der Waals surface area contributed by atoms with Gasteiger partial charge in [-0.2, -0.15) is 0 Å². The minimum absolute atomic E-state index is 0.0568. The number of aromatic nitrogens is 1. The lowest BCUT2D eigenvalue weighted by atomic mass is 10.0. The molecule has 2 aromatic carbocycles. The van der Waals surface area contributed by atoms with Crippen molar-refractivity contribution in [2.24, 2.45) is 0 Å². The molecule has 142 valence electrons. The zero-order chi connectivity index (χ0) is 19.6. The molecule has 0 unspecified atom stereocenters. The minimum Gasteiger partial charge on any atom is -0.493 e. The molecular weight excluding hydrogens is 340 g/mol. The van der Waals surface area contributed by atoms with E-state index < -0.39 is 0 Å². The van der Waals surface area contributed by atoms with Crippen molar-refractivity contribution in [1.82, 2.24) is 9.88 Å². The predicted octanol–water partition coefficient (Wildman–Crippen LogP) is 3.79. The zero-order valence-electron chi connectivity index (χ0n) is 16.6. The summed E-state index contributed by atoms with van der Waals surface area (Å²) in [5.41, 5.74) is 5.30. The van der Waals surface area contributed by atoms with Gasteiger partial charge in [-0.15, -0.1) is 0 Å². The Kier molecular flexibility index (Phi) is 5.51. The van der Waals surface area contributed by atoms with Gasteiger partial charge in [0.05, 0.1) is 19.7 Å². The highest BCUT2D eigenvalue weighted by atomic mass is 16.5. The van der Waals surface area contributed by atoms with Crippen molar-refractivity contribution in [3.63, 3.8) is 0 Å². The average Bonchev–Trinajstić information content (AvgIpc) is 2.64. The van der Waals surface area contributed by atoms with Crippen molar-refractivity contribution in [3.8, 4) is 11.5 Å². The van der Waals surface area contributed by atoms with E-state index in [2.05, 4.69) is 16.8 Å². The van der Waals surface area contributed by atoms with Crippen molar-refractivity contribution in [2.75, 3.05) is 21.3 Å². The standard InChI is InChI=1S/C22H26N2O3/c1-14-6-8-18-19(25)11-17(23-22(18)15(14)2)13-24(3)12-16-7-9-20(26-4)21(10-16)27-5/h6-11H,12-13H2,1-5H3,(H,23,25). The maximum atomic E-state index is 12.5. The number of pyridine rings is 1. The van der Waals surface area contributed by atoms with Crippen LogP contribution in [-0.2, 0) is 13.1 Å². The largest absolute Gasteiger partial charge is 0.493 e. The summed E-state index contributed by atoms with van der Waals surface area (Å²) in [6.45, 7) is 5.48. The lowest BCUT2D eigenvalue weighted by Gasteiger charge is -2.18. The number of nitrogens with zero attached hydrogens (tertiary/aromatic N) is 1. The van der Waals surface area contributed by atoms with Crippen molar-refractivity contribution in [2.45, 2.75) is 26.9 Å². The molecule has 0 atom stereocenters. The fourth-order valence-corrected chi connectivity index (χ4v) is 3.34. The van der Waals surface area contributed by atoms with E-state index in [-0.39, 0.29) is 5.43 Å². The molecule has 0 radical (unpaired) electrons. The molecule has 3 rings (SSSR count). The van der Waals surface area contributed by atoms with Gasteiger partial charge in [0, 0.05) is 30.2 Å². The summed E-state index contributed by atoms with van der Waals surface area (Å²) in [5.74, 6) is 1.43. The maximum Gasteiger partial charge on any atom is 0.189 e. The Balaban J connectivity index is 1.83. The number of aromatic amines is 1. The van der Waals surface area contributed by atoms with E-state index in [9.17, 15) is 4.79 Å². The van der Waals surface area contributed by atoms with Crippen LogP contribution in [-0.4, -0.2) is 31.2 Å². The number of rotatable bonds is 6. The fraction of sp³-hybridized carbons (Fsp3) is 0.318. The van der Waals surface area contributed by atoms with Crippen LogP contribution in [0.3, 0.4) is 0 Å². The normalized spacial score (nSPS) is 11.2. The third-order valence-electron chi connectivity index (χ3n) is 4.93. The summed E-state index contributed by atoms with van der Waals surface area (Å²) in [5, 5.41) is 0.740. The molecule has 5 heteroatoms. The fourth-order valence-electron chi connectivity index (χ4n) is 3.34. The Bertz CT molecular complexity index is 1020. The summed E-state index contributed by atoms with van der Waals surface area (Å²) in [7, 11) is 5.29. The van der Waals surface area contributed by atoms with Gasteiger partial charge in [-0.05, 0) is 55.8 Å². The van der Waals surface area contributed by atoms with Crippen LogP contribution in [0.2, 0.25) is 0 Å². The maximum absolute atomic E-state index is 12.5. The Hall–Kier alpha value is -2.79.